The SMILES string of the molecule is CCC(CSC)N(C)c1ncc(CNC)c(C)n1. The van der Waals surface area contributed by atoms with Gasteiger partial charge in [-0.1, -0.05) is 6.92 Å². The van der Waals surface area contributed by atoms with Crippen LogP contribution in [-0.2, 0) is 6.54 Å². The minimum absolute atomic E-state index is 0.495. The summed E-state index contributed by atoms with van der Waals surface area (Å²) in [6.45, 7) is 5.07. The molecule has 1 aromatic heterocycles. The molecule has 4 nitrogen and oxygen atoms in total. The van der Waals surface area contributed by atoms with Crippen LogP contribution in [-0.4, -0.2) is 42.1 Å². The van der Waals surface area contributed by atoms with Gasteiger partial charge >= 0.3 is 0 Å². The average molecular weight is 268 g/mol. The van der Waals surface area contributed by atoms with Gasteiger partial charge in [-0.15, -0.1) is 0 Å². The van der Waals surface area contributed by atoms with Gasteiger partial charge in [-0.2, -0.15) is 11.8 Å². The molecule has 0 aliphatic heterocycles. The van der Waals surface area contributed by atoms with Crippen LogP contribution in [0.25, 0.3) is 0 Å². The molecule has 0 amide bonds. The molecule has 102 valence electrons. The van der Waals surface area contributed by atoms with Crippen molar-refractivity contribution in [3.8, 4) is 0 Å². The van der Waals surface area contributed by atoms with E-state index in [0.717, 1.165) is 35.9 Å². The smallest absolute Gasteiger partial charge is 0.225 e. The van der Waals surface area contributed by atoms with Crippen LogP contribution < -0.4 is 10.2 Å². The summed E-state index contributed by atoms with van der Waals surface area (Å²) in [5, 5.41) is 3.13. The molecule has 0 radical (unpaired) electrons. The molecule has 0 spiro atoms. The van der Waals surface area contributed by atoms with Gasteiger partial charge in [0.25, 0.3) is 0 Å². The maximum absolute atomic E-state index is 4.61. The summed E-state index contributed by atoms with van der Waals surface area (Å²) in [6, 6.07) is 0.495. The van der Waals surface area contributed by atoms with Gasteiger partial charge in [0.2, 0.25) is 5.95 Å². The Bertz CT molecular complexity index is 370. The van der Waals surface area contributed by atoms with Crippen LogP contribution in [0.15, 0.2) is 6.20 Å². The highest BCUT2D eigenvalue weighted by atomic mass is 32.2. The molecule has 1 atom stereocenters. The summed E-state index contributed by atoms with van der Waals surface area (Å²) in [6.07, 6.45) is 5.17. The lowest BCUT2D eigenvalue weighted by Gasteiger charge is -2.27. The zero-order valence-electron chi connectivity index (χ0n) is 12.0. The monoisotopic (exact) mass is 268 g/mol. The molecule has 0 aliphatic carbocycles. The molecule has 18 heavy (non-hydrogen) atoms. The number of nitrogens with one attached hydrogen (secondary N) is 1. The third kappa shape index (κ3) is 3.85. The summed E-state index contributed by atoms with van der Waals surface area (Å²) < 4.78 is 0. The minimum Gasteiger partial charge on any atom is -0.340 e. The summed E-state index contributed by atoms with van der Waals surface area (Å²) in [7, 11) is 4.02. The van der Waals surface area contributed by atoms with Crippen molar-refractivity contribution in [1.29, 1.82) is 0 Å². The van der Waals surface area contributed by atoms with Gasteiger partial charge in [0.05, 0.1) is 0 Å². The van der Waals surface area contributed by atoms with Crippen LogP contribution >= 0.6 is 11.8 Å². The molecular formula is C13H24N4S. The van der Waals surface area contributed by atoms with E-state index in [1.165, 1.54) is 0 Å². The number of rotatable bonds is 7. The summed E-state index contributed by atoms with van der Waals surface area (Å²) >= 11 is 1.87. The number of hydrogen-bond acceptors (Lipinski definition) is 5. The number of thioether (sulfide) groups is 1. The molecular weight excluding hydrogens is 244 g/mol. The molecule has 1 N–H and O–H groups in total. The Hall–Kier alpha value is -0.810. The fourth-order valence-electron chi connectivity index (χ4n) is 1.87. The highest BCUT2D eigenvalue weighted by Crippen LogP contribution is 2.16. The second kappa shape index (κ2) is 7.59. The predicted molar refractivity (Wildman–Crippen MR) is 80.4 cm³/mol. The first kappa shape index (κ1) is 15.2. The normalized spacial score (nSPS) is 12.5. The van der Waals surface area contributed by atoms with E-state index >= 15 is 0 Å². The van der Waals surface area contributed by atoms with Gasteiger partial charge in [0.1, 0.15) is 0 Å². The highest BCUT2D eigenvalue weighted by Gasteiger charge is 2.15. The Morgan fingerprint density at radius 1 is 1.50 bits per heavy atom. The molecule has 1 heterocycles. The lowest BCUT2D eigenvalue weighted by Crippen LogP contribution is -2.34. The maximum Gasteiger partial charge on any atom is 0.225 e. The third-order valence-electron chi connectivity index (χ3n) is 3.13. The second-order valence-electron chi connectivity index (χ2n) is 4.44. The van der Waals surface area contributed by atoms with Gasteiger partial charge in [-0.3, -0.25) is 0 Å². The lowest BCUT2D eigenvalue weighted by atomic mass is 10.2. The Labute approximate surface area is 115 Å². The summed E-state index contributed by atoms with van der Waals surface area (Å²) in [5.41, 5.74) is 2.22. The molecule has 0 bridgehead atoms. The molecule has 0 saturated heterocycles. The van der Waals surface area contributed by atoms with E-state index in [2.05, 4.69) is 40.4 Å². The van der Waals surface area contributed by atoms with Gasteiger partial charge in [0, 0.05) is 42.8 Å². The lowest BCUT2D eigenvalue weighted by molar-refractivity contribution is 0.654. The van der Waals surface area contributed by atoms with Crippen molar-refractivity contribution in [3.63, 3.8) is 0 Å². The number of anilines is 1. The summed E-state index contributed by atoms with van der Waals surface area (Å²) in [4.78, 5) is 11.3. The van der Waals surface area contributed by atoms with Gasteiger partial charge in [-0.25, -0.2) is 9.97 Å². The van der Waals surface area contributed by atoms with E-state index in [1.807, 2.05) is 31.9 Å². The van der Waals surface area contributed by atoms with E-state index in [9.17, 15) is 0 Å². The Morgan fingerprint density at radius 3 is 2.72 bits per heavy atom. The summed E-state index contributed by atoms with van der Waals surface area (Å²) in [5.74, 6) is 1.93. The predicted octanol–water partition coefficient (Wildman–Crippen LogP) is 2.08. The Balaban J connectivity index is 2.85. The quantitative estimate of drug-likeness (QED) is 0.820. The first-order valence-electron chi connectivity index (χ1n) is 6.32. The van der Waals surface area contributed by atoms with Gasteiger partial charge < -0.3 is 10.2 Å². The first-order chi connectivity index (χ1) is 8.63. The molecule has 1 rings (SSSR count). The van der Waals surface area contributed by atoms with Gasteiger partial charge in [-0.05, 0) is 26.6 Å². The first-order valence-corrected chi connectivity index (χ1v) is 7.72. The van der Waals surface area contributed by atoms with Crippen molar-refractivity contribution in [3.05, 3.63) is 17.5 Å². The number of aryl methyl sites for hydroxylation is 1. The third-order valence-corrected chi connectivity index (χ3v) is 3.85. The maximum atomic E-state index is 4.61. The zero-order chi connectivity index (χ0) is 13.5. The van der Waals surface area contributed by atoms with E-state index < -0.39 is 0 Å². The van der Waals surface area contributed by atoms with Gasteiger partial charge in [0.15, 0.2) is 0 Å². The van der Waals surface area contributed by atoms with Crippen LogP contribution in [0.5, 0.6) is 0 Å². The van der Waals surface area contributed by atoms with Crippen LogP contribution in [0.3, 0.4) is 0 Å². The fraction of sp³-hybridized carbons (Fsp3) is 0.692. The van der Waals surface area contributed by atoms with E-state index in [0.29, 0.717) is 6.04 Å². The van der Waals surface area contributed by atoms with Crippen molar-refractivity contribution in [1.82, 2.24) is 15.3 Å². The molecule has 0 fully saturated rings. The molecule has 0 aliphatic rings. The minimum atomic E-state index is 0.495. The second-order valence-corrected chi connectivity index (χ2v) is 5.35. The number of aromatic nitrogens is 2. The molecule has 0 saturated carbocycles. The van der Waals surface area contributed by atoms with E-state index in [-0.39, 0.29) is 0 Å². The van der Waals surface area contributed by atoms with E-state index in [1.54, 1.807) is 0 Å². The molecule has 1 aromatic rings. The fourth-order valence-corrected chi connectivity index (χ4v) is 2.72. The largest absolute Gasteiger partial charge is 0.340 e. The number of hydrogen-bond donors (Lipinski definition) is 1. The zero-order valence-corrected chi connectivity index (χ0v) is 12.8. The Kier molecular flexibility index (Phi) is 6.43. The number of nitrogens with zero attached hydrogens (tertiary/aromatic N) is 3. The van der Waals surface area contributed by atoms with Crippen LogP contribution in [0.4, 0.5) is 5.95 Å². The molecule has 1 unspecified atom stereocenters. The van der Waals surface area contributed by atoms with Crippen molar-refractivity contribution in [2.75, 3.05) is 31.0 Å². The van der Waals surface area contributed by atoms with Crippen molar-refractivity contribution in [2.24, 2.45) is 0 Å². The van der Waals surface area contributed by atoms with Crippen molar-refractivity contribution >= 4 is 17.7 Å². The standard InChI is InChI=1S/C13H24N4S/c1-6-12(9-18-5)17(4)13-15-8-11(7-14-3)10(2)16-13/h8,12,14H,6-7,9H2,1-5H3. The van der Waals surface area contributed by atoms with Crippen molar-refractivity contribution in [2.45, 2.75) is 32.9 Å². The average Bonchev–Trinajstić information content (AvgIpc) is 2.37. The van der Waals surface area contributed by atoms with Crippen molar-refractivity contribution < 1.29 is 0 Å². The molecule has 0 aromatic carbocycles. The van der Waals surface area contributed by atoms with Crippen LogP contribution in [0.1, 0.15) is 24.6 Å². The molecule has 5 heteroatoms. The topological polar surface area (TPSA) is 41.1 Å². The van der Waals surface area contributed by atoms with Crippen LogP contribution in [0.2, 0.25) is 0 Å². The Morgan fingerprint density at radius 2 is 2.22 bits per heavy atom. The van der Waals surface area contributed by atoms with E-state index in [4.69, 9.17) is 0 Å². The highest BCUT2D eigenvalue weighted by molar-refractivity contribution is 7.98. The van der Waals surface area contributed by atoms with Crippen LogP contribution in [0, 0.1) is 6.92 Å².